The van der Waals surface area contributed by atoms with Crippen molar-refractivity contribution in [1.29, 1.82) is 0 Å². The van der Waals surface area contributed by atoms with E-state index >= 15 is 0 Å². The number of carbonyl (C=O) groups is 1. The van der Waals surface area contributed by atoms with Crippen molar-refractivity contribution in [3.63, 3.8) is 0 Å². The maximum Gasteiger partial charge on any atom is 0.336 e. The van der Waals surface area contributed by atoms with Crippen molar-refractivity contribution in [2.75, 3.05) is 13.2 Å². The molecule has 0 amide bonds. The van der Waals surface area contributed by atoms with Crippen LogP contribution in [0.1, 0.15) is 36.0 Å². The standard InChI is InChI=1S/C12H17NO5S2/c14-7-10-4-2-1-3-5-13(10)20(17,18)11-6-9(8-19-11)12(15)16/h6,8,10,14H,1-5,7H2,(H,15,16). The first-order valence-corrected chi connectivity index (χ1v) is 8.73. The Labute approximate surface area is 121 Å². The third kappa shape index (κ3) is 3.03. The number of thiophene rings is 1. The highest BCUT2D eigenvalue weighted by Crippen LogP contribution is 2.28. The number of rotatable bonds is 4. The van der Waals surface area contributed by atoms with Crippen LogP contribution >= 0.6 is 11.3 Å². The van der Waals surface area contributed by atoms with Gasteiger partial charge in [0.05, 0.1) is 12.2 Å². The summed E-state index contributed by atoms with van der Waals surface area (Å²) < 4.78 is 26.5. The second-order valence-electron chi connectivity index (χ2n) is 4.76. The summed E-state index contributed by atoms with van der Waals surface area (Å²) in [5.41, 5.74) is -0.0241. The number of sulfonamides is 1. The molecule has 0 aliphatic carbocycles. The molecule has 1 aromatic heterocycles. The molecule has 1 aliphatic heterocycles. The second-order valence-corrected chi connectivity index (χ2v) is 7.79. The zero-order valence-electron chi connectivity index (χ0n) is 10.9. The van der Waals surface area contributed by atoms with Gasteiger partial charge in [0.15, 0.2) is 0 Å². The molecule has 0 spiro atoms. The Morgan fingerprint density at radius 3 is 2.75 bits per heavy atom. The van der Waals surface area contributed by atoms with Gasteiger partial charge < -0.3 is 10.2 Å². The van der Waals surface area contributed by atoms with Crippen molar-refractivity contribution in [3.05, 3.63) is 17.0 Å². The van der Waals surface area contributed by atoms with Crippen molar-refractivity contribution in [3.8, 4) is 0 Å². The van der Waals surface area contributed by atoms with Crippen molar-refractivity contribution in [2.24, 2.45) is 0 Å². The highest BCUT2D eigenvalue weighted by Gasteiger charge is 2.33. The monoisotopic (exact) mass is 319 g/mol. The number of aliphatic hydroxyl groups is 1. The van der Waals surface area contributed by atoms with Crippen LogP contribution in [-0.4, -0.2) is 48.1 Å². The lowest BCUT2D eigenvalue weighted by Gasteiger charge is -2.26. The molecule has 2 rings (SSSR count). The summed E-state index contributed by atoms with van der Waals surface area (Å²) in [4.78, 5) is 10.9. The maximum atomic E-state index is 12.6. The molecule has 1 unspecified atom stereocenters. The van der Waals surface area contributed by atoms with Gasteiger partial charge in [-0.1, -0.05) is 12.8 Å². The van der Waals surface area contributed by atoms with E-state index in [1.165, 1.54) is 15.8 Å². The quantitative estimate of drug-likeness (QED) is 0.874. The fourth-order valence-electron chi connectivity index (χ4n) is 2.33. The minimum atomic E-state index is -3.73. The molecule has 1 fully saturated rings. The highest BCUT2D eigenvalue weighted by molar-refractivity contribution is 7.91. The van der Waals surface area contributed by atoms with Crippen LogP contribution < -0.4 is 0 Å². The fraction of sp³-hybridized carbons (Fsp3) is 0.583. The van der Waals surface area contributed by atoms with Gasteiger partial charge in [-0.2, -0.15) is 4.31 Å². The Bertz CT molecular complexity index is 580. The van der Waals surface area contributed by atoms with Crippen LogP contribution in [0, 0.1) is 0 Å². The molecule has 20 heavy (non-hydrogen) atoms. The van der Waals surface area contributed by atoms with Gasteiger partial charge in [0.2, 0.25) is 0 Å². The highest BCUT2D eigenvalue weighted by atomic mass is 32.2. The van der Waals surface area contributed by atoms with Crippen molar-refractivity contribution in [2.45, 2.75) is 35.9 Å². The lowest BCUT2D eigenvalue weighted by Crippen LogP contribution is -2.41. The van der Waals surface area contributed by atoms with Gasteiger partial charge in [0.25, 0.3) is 10.0 Å². The van der Waals surface area contributed by atoms with Gasteiger partial charge in [-0.25, -0.2) is 13.2 Å². The molecule has 6 nitrogen and oxygen atoms in total. The lowest BCUT2D eigenvalue weighted by atomic mass is 10.1. The average molecular weight is 319 g/mol. The predicted octanol–water partition coefficient (Wildman–Crippen LogP) is 1.37. The Morgan fingerprint density at radius 2 is 2.15 bits per heavy atom. The number of aliphatic hydroxyl groups excluding tert-OH is 1. The van der Waals surface area contributed by atoms with Gasteiger partial charge >= 0.3 is 5.97 Å². The molecule has 0 bridgehead atoms. The van der Waals surface area contributed by atoms with Crippen LogP contribution in [0.15, 0.2) is 15.7 Å². The van der Waals surface area contributed by atoms with E-state index < -0.39 is 22.0 Å². The molecule has 2 heterocycles. The van der Waals surface area contributed by atoms with Crippen LogP contribution in [-0.2, 0) is 10.0 Å². The van der Waals surface area contributed by atoms with Gasteiger partial charge in [0.1, 0.15) is 4.21 Å². The number of hydrogen-bond acceptors (Lipinski definition) is 5. The van der Waals surface area contributed by atoms with E-state index in [2.05, 4.69) is 0 Å². The number of aromatic carboxylic acids is 1. The van der Waals surface area contributed by atoms with E-state index in [1.54, 1.807) is 0 Å². The average Bonchev–Trinajstić information content (AvgIpc) is 2.78. The largest absolute Gasteiger partial charge is 0.478 e. The van der Waals surface area contributed by atoms with E-state index in [1.807, 2.05) is 0 Å². The van der Waals surface area contributed by atoms with E-state index in [9.17, 15) is 18.3 Å². The summed E-state index contributed by atoms with van der Waals surface area (Å²) in [6.45, 7) is 0.157. The van der Waals surface area contributed by atoms with E-state index in [-0.39, 0.29) is 16.4 Å². The molecular weight excluding hydrogens is 302 g/mol. The molecule has 112 valence electrons. The summed E-state index contributed by atoms with van der Waals surface area (Å²) in [5.74, 6) is -1.14. The Morgan fingerprint density at radius 1 is 1.40 bits per heavy atom. The van der Waals surface area contributed by atoms with E-state index in [0.717, 1.165) is 30.6 Å². The molecule has 1 saturated heterocycles. The van der Waals surface area contributed by atoms with Crippen LogP contribution in [0.4, 0.5) is 0 Å². The smallest absolute Gasteiger partial charge is 0.336 e. The first-order valence-electron chi connectivity index (χ1n) is 6.41. The summed E-state index contributed by atoms with van der Waals surface area (Å²) in [6, 6.07) is 0.764. The SMILES string of the molecule is O=C(O)c1csc(S(=O)(=O)N2CCCCCC2CO)c1. The van der Waals surface area contributed by atoms with Gasteiger partial charge in [-0.05, 0) is 18.9 Å². The predicted molar refractivity (Wildman–Crippen MR) is 74.5 cm³/mol. The number of carboxylic acids is 1. The van der Waals surface area contributed by atoms with Gasteiger partial charge in [0, 0.05) is 18.0 Å². The third-order valence-corrected chi connectivity index (χ3v) is 6.79. The molecule has 2 N–H and O–H groups in total. The normalized spacial score (nSPS) is 21.6. The Kier molecular flexibility index (Phi) is 4.79. The summed E-state index contributed by atoms with van der Waals surface area (Å²) in [7, 11) is -3.73. The Balaban J connectivity index is 2.33. The Hall–Kier alpha value is -0.960. The van der Waals surface area contributed by atoms with Crippen molar-refractivity contribution >= 4 is 27.3 Å². The summed E-state index contributed by atoms with van der Waals surface area (Å²) >= 11 is 0.906. The van der Waals surface area contributed by atoms with Crippen LogP contribution in [0.3, 0.4) is 0 Å². The van der Waals surface area contributed by atoms with Crippen molar-refractivity contribution in [1.82, 2.24) is 4.31 Å². The summed E-state index contributed by atoms with van der Waals surface area (Å²) in [5, 5.41) is 19.6. The van der Waals surface area contributed by atoms with Crippen molar-refractivity contribution < 1.29 is 23.4 Å². The zero-order chi connectivity index (χ0) is 14.8. The molecule has 0 radical (unpaired) electrons. The minimum absolute atomic E-state index is 0.0234. The number of hydrogen-bond donors (Lipinski definition) is 2. The molecule has 8 heteroatoms. The van der Waals surface area contributed by atoms with E-state index in [0.29, 0.717) is 13.0 Å². The molecule has 1 aliphatic rings. The fourth-order valence-corrected chi connectivity index (χ4v) is 5.30. The van der Waals surface area contributed by atoms with Gasteiger partial charge in [-0.15, -0.1) is 11.3 Å². The molecule has 1 aromatic rings. The second kappa shape index (κ2) is 6.21. The lowest BCUT2D eigenvalue weighted by molar-refractivity contribution is 0.0697. The van der Waals surface area contributed by atoms with Crippen LogP contribution in [0.5, 0.6) is 0 Å². The molecular formula is C12H17NO5S2. The molecule has 0 aromatic carbocycles. The molecule has 1 atom stereocenters. The minimum Gasteiger partial charge on any atom is -0.478 e. The van der Waals surface area contributed by atoms with E-state index in [4.69, 9.17) is 5.11 Å². The number of nitrogens with zero attached hydrogens (tertiary/aromatic N) is 1. The van der Waals surface area contributed by atoms with Crippen LogP contribution in [0.25, 0.3) is 0 Å². The maximum absolute atomic E-state index is 12.6. The first-order chi connectivity index (χ1) is 9.46. The zero-order valence-corrected chi connectivity index (χ0v) is 12.5. The first kappa shape index (κ1) is 15.4. The summed E-state index contributed by atoms with van der Waals surface area (Å²) in [6.07, 6.45) is 3.22. The molecule has 0 saturated carbocycles. The number of carboxylic acid groups (broad SMARTS) is 1. The topological polar surface area (TPSA) is 94.9 Å². The van der Waals surface area contributed by atoms with Crippen LogP contribution in [0.2, 0.25) is 0 Å². The third-order valence-electron chi connectivity index (χ3n) is 3.42. The van der Waals surface area contributed by atoms with Gasteiger partial charge in [-0.3, -0.25) is 0 Å².